The average molecular weight is 205 g/mol. The Hall–Kier alpha value is -1.17. The second-order valence-electron chi connectivity index (χ2n) is 2.85. The maximum Gasteiger partial charge on any atom is 0.451 e. The molecular formula is C8H10F3N3. The Labute approximate surface area is 79.2 Å². The minimum absolute atomic E-state index is 0.308. The van der Waals surface area contributed by atoms with Gasteiger partial charge < -0.3 is 5.73 Å². The molecule has 0 aliphatic carbocycles. The van der Waals surface area contributed by atoms with Crippen LogP contribution >= 0.6 is 0 Å². The lowest BCUT2D eigenvalue weighted by atomic mass is 10.1. The van der Waals surface area contributed by atoms with Crippen molar-refractivity contribution in [2.45, 2.75) is 25.6 Å². The van der Waals surface area contributed by atoms with E-state index in [0.717, 1.165) is 12.4 Å². The molecule has 0 saturated heterocycles. The predicted molar refractivity (Wildman–Crippen MR) is 44.3 cm³/mol. The molecular weight excluding hydrogens is 195 g/mol. The lowest BCUT2D eigenvalue weighted by molar-refractivity contribution is -0.145. The van der Waals surface area contributed by atoms with E-state index in [1.54, 1.807) is 0 Å². The van der Waals surface area contributed by atoms with Crippen molar-refractivity contribution in [3.63, 3.8) is 0 Å². The molecule has 1 heterocycles. The van der Waals surface area contributed by atoms with Gasteiger partial charge in [-0.05, 0) is 6.42 Å². The van der Waals surface area contributed by atoms with Crippen molar-refractivity contribution in [2.24, 2.45) is 5.73 Å². The number of nitrogens with two attached hydrogens (primary N) is 1. The molecule has 0 aliphatic rings. The van der Waals surface area contributed by atoms with Crippen LogP contribution in [0, 0.1) is 0 Å². The second kappa shape index (κ2) is 3.91. The summed E-state index contributed by atoms with van der Waals surface area (Å²) in [4.78, 5) is 6.41. The minimum Gasteiger partial charge on any atom is -0.324 e. The van der Waals surface area contributed by atoms with Crippen LogP contribution in [0.5, 0.6) is 0 Å². The maximum absolute atomic E-state index is 12.0. The highest BCUT2D eigenvalue weighted by Crippen LogP contribution is 2.25. The summed E-state index contributed by atoms with van der Waals surface area (Å²) in [5.74, 6) is -1.13. The van der Waals surface area contributed by atoms with Crippen LogP contribution in [0.4, 0.5) is 13.2 Å². The van der Waals surface area contributed by atoms with E-state index in [-0.39, 0.29) is 6.04 Å². The lowest BCUT2D eigenvalue weighted by Gasteiger charge is -2.09. The van der Waals surface area contributed by atoms with Crippen molar-refractivity contribution >= 4 is 0 Å². The van der Waals surface area contributed by atoms with Crippen molar-refractivity contribution < 1.29 is 13.2 Å². The summed E-state index contributed by atoms with van der Waals surface area (Å²) in [6.07, 6.45) is -1.63. The predicted octanol–water partition coefficient (Wildman–Crippen LogP) is 1.91. The molecule has 1 aromatic heterocycles. The van der Waals surface area contributed by atoms with E-state index in [2.05, 4.69) is 9.97 Å². The smallest absolute Gasteiger partial charge is 0.324 e. The Morgan fingerprint density at radius 3 is 2.21 bits per heavy atom. The van der Waals surface area contributed by atoms with Gasteiger partial charge >= 0.3 is 6.18 Å². The molecule has 1 atom stereocenters. The fraction of sp³-hybridized carbons (Fsp3) is 0.500. The van der Waals surface area contributed by atoms with Gasteiger partial charge in [-0.25, -0.2) is 9.97 Å². The highest BCUT2D eigenvalue weighted by molar-refractivity contribution is 5.10. The van der Waals surface area contributed by atoms with Crippen LogP contribution in [0.25, 0.3) is 0 Å². The third-order valence-electron chi connectivity index (χ3n) is 1.79. The molecule has 1 unspecified atom stereocenters. The topological polar surface area (TPSA) is 51.8 Å². The monoisotopic (exact) mass is 205 g/mol. The van der Waals surface area contributed by atoms with Gasteiger partial charge in [-0.1, -0.05) is 6.92 Å². The quantitative estimate of drug-likeness (QED) is 0.802. The van der Waals surface area contributed by atoms with E-state index >= 15 is 0 Å². The SMILES string of the molecule is CCC(N)c1cnc(C(F)(F)F)nc1. The first-order chi connectivity index (χ1) is 6.45. The van der Waals surface area contributed by atoms with Crippen molar-refractivity contribution in [1.82, 2.24) is 9.97 Å². The summed E-state index contributed by atoms with van der Waals surface area (Å²) < 4.78 is 36.1. The number of hydrogen-bond acceptors (Lipinski definition) is 3. The van der Waals surface area contributed by atoms with Crippen molar-refractivity contribution in [3.05, 3.63) is 23.8 Å². The van der Waals surface area contributed by atoms with Gasteiger partial charge in [-0.15, -0.1) is 0 Å². The standard InChI is InChI=1S/C8H10F3N3/c1-2-6(12)5-3-13-7(14-4-5)8(9,10)11/h3-4,6H,2,12H2,1H3. The van der Waals surface area contributed by atoms with E-state index in [1.165, 1.54) is 0 Å². The third kappa shape index (κ3) is 2.41. The van der Waals surface area contributed by atoms with Gasteiger partial charge in [0.25, 0.3) is 0 Å². The highest BCUT2D eigenvalue weighted by Gasteiger charge is 2.34. The molecule has 0 aromatic carbocycles. The number of alkyl halides is 3. The van der Waals surface area contributed by atoms with Crippen LogP contribution in [0.15, 0.2) is 12.4 Å². The number of nitrogens with zero attached hydrogens (tertiary/aromatic N) is 2. The largest absolute Gasteiger partial charge is 0.451 e. The van der Waals surface area contributed by atoms with Crippen LogP contribution in [0.1, 0.15) is 30.8 Å². The van der Waals surface area contributed by atoms with Crippen molar-refractivity contribution in [1.29, 1.82) is 0 Å². The maximum atomic E-state index is 12.0. The molecule has 0 spiro atoms. The van der Waals surface area contributed by atoms with Crippen LogP contribution in [-0.2, 0) is 6.18 Å². The van der Waals surface area contributed by atoms with Crippen molar-refractivity contribution in [3.8, 4) is 0 Å². The summed E-state index contributed by atoms with van der Waals surface area (Å²) in [6.45, 7) is 1.84. The van der Waals surface area contributed by atoms with Gasteiger partial charge in [0.05, 0.1) is 0 Å². The Morgan fingerprint density at radius 2 is 1.86 bits per heavy atom. The Bertz CT molecular complexity index is 294. The first-order valence-electron chi connectivity index (χ1n) is 4.10. The first-order valence-corrected chi connectivity index (χ1v) is 4.10. The summed E-state index contributed by atoms with van der Waals surface area (Å²) in [5, 5.41) is 0. The van der Waals surface area contributed by atoms with E-state index in [9.17, 15) is 13.2 Å². The molecule has 1 rings (SSSR count). The Morgan fingerprint density at radius 1 is 1.36 bits per heavy atom. The van der Waals surface area contributed by atoms with E-state index in [1.807, 2.05) is 6.92 Å². The molecule has 0 saturated carbocycles. The first kappa shape index (κ1) is 10.9. The van der Waals surface area contributed by atoms with Gasteiger partial charge in [0.2, 0.25) is 5.82 Å². The molecule has 6 heteroatoms. The zero-order chi connectivity index (χ0) is 10.8. The molecule has 0 radical (unpaired) electrons. The molecule has 0 fully saturated rings. The molecule has 3 nitrogen and oxygen atoms in total. The summed E-state index contributed by atoms with van der Waals surface area (Å²) in [7, 11) is 0. The Balaban J connectivity index is 2.89. The molecule has 0 amide bonds. The molecule has 2 N–H and O–H groups in total. The molecule has 1 aromatic rings. The lowest BCUT2D eigenvalue weighted by Crippen LogP contribution is -2.14. The number of halogens is 3. The van der Waals surface area contributed by atoms with Crippen LogP contribution in [0.2, 0.25) is 0 Å². The summed E-state index contributed by atoms with van der Waals surface area (Å²) in [6, 6.07) is -0.308. The van der Waals surface area contributed by atoms with Gasteiger partial charge in [0.15, 0.2) is 0 Å². The fourth-order valence-electron chi connectivity index (χ4n) is 0.912. The number of hydrogen-bond donors (Lipinski definition) is 1. The highest BCUT2D eigenvalue weighted by atomic mass is 19.4. The van der Waals surface area contributed by atoms with Gasteiger partial charge in [0, 0.05) is 24.0 Å². The fourth-order valence-corrected chi connectivity index (χ4v) is 0.912. The Kier molecular flexibility index (Phi) is 3.05. The summed E-state index contributed by atoms with van der Waals surface area (Å²) in [5.41, 5.74) is 6.11. The van der Waals surface area contributed by atoms with Crippen LogP contribution in [0.3, 0.4) is 0 Å². The van der Waals surface area contributed by atoms with Gasteiger partial charge in [-0.3, -0.25) is 0 Å². The van der Waals surface area contributed by atoms with Crippen LogP contribution in [-0.4, -0.2) is 9.97 Å². The van der Waals surface area contributed by atoms with E-state index in [0.29, 0.717) is 12.0 Å². The minimum atomic E-state index is -4.49. The van der Waals surface area contributed by atoms with E-state index < -0.39 is 12.0 Å². The van der Waals surface area contributed by atoms with Gasteiger partial charge in [0.1, 0.15) is 0 Å². The average Bonchev–Trinajstić information content (AvgIpc) is 2.15. The van der Waals surface area contributed by atoms with E-state index in [4.69, 9.17) is 5.73 Å². The zero-order valence-electron chi connectivity index (χ0n) is 7.54. The third-order valence-corrected chi connectivity index (χ3v) is 1.79. The molecule has 78 valence electrons. The molecule has 14 heavy (non-hydrogen) atoms. The number of aromatic nitrogens is 2. The molecule has 0 bridgehead atoms. The summed E-state index contributed by atoms with van der Waals surface area (Å²) >= 11 is 0. The second-order valence-corrected chi connectivity index (χ2v) is 2.85. The zero-order valence-corrected chi connectivity index (χ0v) is 7.54. The van der Waals surface area contributed by atoms with Crippen molar-refractivity contribution in [2.75, 3.05) is 0 Å². The normalized spacial score (nSPS) is 14.1. The number of rotatable bonds is 2. The van der Waals surface area contributed by atoms with Gasteiger partial charge in [-0.2, -0.15) is 13.2 Å². The molecule has 0 aliphatic heterocycles. The van der Waals surface area contributed by atoms with Crippen LogP contribution < -0.4 is 5.73 Å².